The average molecular weight is 1830 g/mol. The van der Waals surface area contributed by atoms with Crippen LogP contribution in [0.3, 0.4) is 0 Å². The topological polar surface area (TPSA) is 581 Å². The highest BCUT2D eigenvalue weighted by Crippen LogP contribution is 2.33. The van der Waals surface area contributed by atoms with E-state index in [1.165, 1.54) is 25.7 Å². The second kappa shape index (κ2) is 60.1. The highest BCUT2D eigenvalue weighted by molar-refractivity contribution is 5.89. The van der Waals surface area contributed by atoms with Crippen LogP contribution < -0.4 is 37.2 Å². The summed E-state index contributed by atoms with van der Waals surface area (Å²) in [7, 11) is 0. The molecule has 4 fully saturated rings. The van der Waals surface area contributed by atoms with Gasteiger partial charge in [0, 0.05) is 161 Å². The van der Waals surface area contributed by atoms with Crippen LogP contribution in [0.25, 0.3) is 0 Å². The van der Waals surface area contributed by atoms with Crippen LogP contribution in [0.2, 0.25) is 0 Å². The van der Waals surface area contributed by atoms with Crippen molar-refractivity contribution in [3.05, 3.63) is 0 Å². The van der Waals surface area contributed by atoms with Crippen molar-refractivity contribution in [2.45, 2.75) is 315 Å². The average Bonchev–Trinajstić information content (AvgIpc) is 1.03. The first-order valence-corrected chi connectivity index (χ1v) is 43.2. The summed E-state index contributed by atoms with van der Waals surface area (Å²) >= 11 is 0. The number of nitrogens with one attached hydrogen (secondary N) is 7. The highest BCUT2D eigenvalue weighted by atomic mass is 16.7. The van der Waals surface area contributed by atoms with Crippen LogP contribution in [0.15, 0.2) is 0 Å². The number of carboxylic acid groups (broad SMARTS) is 1. The molecule has 8 amide bonds. The van der Waals surface area contributed by atoms with Gasteiger partial charge in [-0.05, 0) is 57.8 Å². The second-order valence-corrected chi connectivity index (χ2v) is 31.2. The minimum Gasteiger partial charge on any atom is -0.481 e. The summed E-state index contributed by atoms with van der Waals surface area (Å²) in [6.45, 7) is 12.1. The minimum atomic E-state index is -1.62. The number of aliphatic carboxylic acids is 1. The fourth-order valence-corrected chi connectivity index (χ4v) is 14.3. The molecule has 128 heavy (non-hydrogen) atoms. The highest BCUT2D eigenvalue weighted by Gasteiger charge is 2.55. The lowest BCUT2D eigenvalue weighted by Gasteiger charge is -2.44. The Bertz CT molecular complexity index is 3300. The molecule has 726 valence electrons. The number of carboxylic acids is 1. The molecule has 4 saturated heterocycles. The maximum atomic E-state index is 14.7. The summed E-state index contributed by atoms with van der Waals surface area (Å²) in [5.74, 6) is -11.6. The van der Waals surface area contributed by atoms with E-state index >= 15 is 0 Å². The van der Waals surface area contributed by atoms with Crippen LogP contribution in [-0.2, 0) is 172 Å². The van der Waals surface area contributed by atoms with Crippen molar-refractivity contribution in [3.63, 3.8) is 0 Å². The third-order valence-corrected chi connectivity index (χ3v) is 19.8. The predicted molar refractivity (Wildman–Crippen MR) is 438 cm³/mol. The number of hydrogen-bond donors (Lipinski definition) is 8. The van der Waals surface area contributed by atoms with E-state index in [-0.39, 0.29) is 131 Å². The van der Waals surface area contributed by atoms with Crippen LogP contribution in [-0.4, -0.2) is 326 Å². The molecule has 0 aliphatic carbocycles. The maximum absolute atomic E-state index is 14.7. The quantitative estimate of drug-likeness (QED) is 0.0231. The second-order valence-electron chi connectivity index (χ2n) is 31.2. The van der Waals surface area contributed by atoms with Gasteiger partial charge in [0.15, 0.2) is 55.5 Å². The standard InChI is InChI=1S/C83H132N8O37/c1-49(92)87-70-76(123-58(10)101)73(120-55(7)98)62(43-117-52(4)95)126-80(70)114-37-22-16-13-19-33-84-65(104)30-40-111-46-83(90-79(110)61-27-26-36-91(61)68(107)28-25-29-69(108)109,47-112-41-31-66(105)85-34-20-14-17-23-38-115-81-71(88-50(2)93)77(124-59(11)102)74(121-56(8)99)63(127-81)44-118-53(5)96)48-113-42-32-67(106)86-35-21-15-18-24-39-116-82-72(89-51(3)94)78(125-60(12)103)75(122-57(9)100)64(128-82)45-119-54(6)97/h61-64,70-78,80-82H,13-48H2,1-12H3,(H,84,104)(H,85,105)(H,86,106)(H,87,92)(H,88,93)(H,89,94)(H,90,110)(H,108,109). The van der Waals surface area contributed by atoms with Crippen LogP contribution in [0.4, 0.5) is 0 Å². The van der Waals surface area contributed by atoms with Gasteiger partial charge < -0.3 is 132 Å². The molecule has 16 atom stereocenters. The molecule has 0 aromatic carbocycles. The molecule has 0 bridgehead atoms. The molecule has 45 heteroatoms. The fraction of sp³-hybridized carbons (Fsp3) is 0.783. The smallest absolute Gasteiger partial charge is 0.303 e. The molecule has 16 unspecified atom stereocenters. The molecule has 0 aromatic heterocycles. The number of likely N-dealkylation sites (tertiary alicyclic amines) is 1. The largest absolute Gasteiger partial charge is 0.481 e. The third kappa shape index (κ3) is 43.9. The first-order valence-electron chi connectivity index (χ1n) is 43.2. The number of carbonyl (C=O) groups is 18. The van der Waals surface area contributed by atoms with Crippen molar-refractivity contribution in [3.8, 4) is 0 Å². The maximum Gasteiger partial charge on any atom is 0.303 e. The molecular weight excluding hydrogens is 1700 g/mol. The SMILES string of the molecule is CC(=O)NC1C(OCCCCCCNC(=O)CCOCC(COCCC(=O)NCCCCCCOC2OC(COC(C)=O)C(OC(C)=O)C(OC(C)=O)C2NC(C)=O)(COCCC(=O)NCCCCCCOC2OC(COC(C)=O)C(OC(C)=O)C(OC(C)=O)C2NC(C)=O)NC(=O)C2CCCN2C(=O)CCCC(=O)O)OC(COC(C)=O)C(OC(C)=O)C1OC(C)=O. The van der Waals surface area contributed by atoms with Crippen molar-refractivity contribution >= 4 is 107 Å². The first kappa shape index (κ1) is 110. The van der Waals surface area contributed by atoms with Crippen molar-refractivity contribution < 1.29 is 177 Å². The van der Waals surface area contributed by atoms with Crippen molar-refractivity contribution in [1.82, 2.24) is 42.1 Å². The Labute approximate surface area is 743 Å². The lowest BCUT2D eigenvalue weighted by atomic mass is 9.96. The van der Waals surface area contributed by atoms with E-state index in [4.69, 9.17) is 85.3 Å². The normalized spacial score (nSPS) is 23.4. The van der Waals surface area contributed by atoms with Gasteiger partial charge in [0.25, 0.3) is 0 Å². The van der Waals surface area contributed by atoms with Crippen molar-refractivity contribution in [2.75, 3.05) is 105 Å². The van der Waals surface area contributed by atoms with Crippen LogP contribution >= 0.6 is 0 Å². The number of unbranched alkanes of at least 4 members (excludes halogenated alkanes) is 9. The van der Waals surface area contributed by atoms with Gasteiger partial charge in [-0.2, -0.15) is 0 Å². The zero-order valence-electron chi connectivity index (χ0n) is 75.3. The molecule has 4 aliphatic rings. The van der Waals surface area contributed by atoms with Crippen molar-refractivity contribution in [2.24, 2.45) is 0 Å². The van der Waals surface area contributed by atoms with Gasteiger partial charge in [-0.1, -0.05) is 38.5 Å². The summed E-state index contributed by atoms with van der Waals surface area (Å²) in [4.78, 5) is 227. The van der Waals surface area contributed by atoms with Crippen LogP contribution in [0.5, 0.6) is 0 Å². The number of amides is 8. The number of rotatable bonds is 60. The van der Waals surface area contributed by atoms with E-state index in [1.54, 1.807) is 0 Å². The summed E-state index contributed by atoms with van der Waals surface area (Å²) in [5, 5.41) is 28.8. The number of hydrogen-bond acceptors (Lipinski definition) is 36. The zero-order valence-corrected chi connectivity index (χ0v) is 75.3. The van der Waals surface area contributed by atoms with Gasteiger partial charge in [0.2, 0.25) is 47.3 Å². The van der Waals surface area contributed by atoms with Gasteiger partial charge in [0.1, 0.15) is 67.8 Å². The van der Waals surface area contributed by atoms with Gasteiger partial charge in [0.05, 0.1) is 39.6 Å². The van der Waals surface area contributed by atoms with E-state index < -0.39 is 230 Å². The molecule has 0 aromatic rings. The number of nitrogens with zero attached hydrogens (tertiary/aromatic N) is 1. The number of carbonyl (C=O) groups excluding carboxylic acids is 17. The zero-order chi connectivity index (χ0) is 94.8. The Kier molecular flexibility index (Phi) is 51.8. The molecule has 0 saturated carbocycles. The fourth-order valence-electron chi connectivity index (χ4n) is 14.3. The molecule has 4 heterocycles. The summed E-state index contributed by atoms with van der Waals surface area (Å²) in [6.07, 6.45) is -8.78. The van der Waals surface area contributed by atoms with Gasteiger partial charge in [-0.25, -0.2) is 0 Å². The lowest BCUT2D eigenvalue weighted by Crippen LogP contribution is -2.66. The monoisotopic (exact) mass is 1830 g/mol. The Morgan fingerprint density at radius 3 is 0.930 bits per heavy atom. The van der Waals surface area contributed by atoms with Crippen LogP contribution in [0, 0.1) is 0 Å². The predicted octanol–water partition coefficient (Wildman–Crippen LogP) is 0.355. The minimum absolute atomic E-state index is 0.0207. The van der Waals surface area contributed by atoms with Gasteiger partial charge in [-0.15, -0.1) is 0 Å². The third-order valence-electron chi connectivity index (χ3n) is 19.8. The Morgan fingerprint density at radius 1 is 0.352 bits per heavy atom. The molecular formula is C83H132N8O37. The Morgan fingerprint density at radius 2 is 0.648 bits per heavy atom. The molecule has 4 aliphatic heterocycles. The van der Waals surface area contributed by atoms with E-state index in [0.29, 0.717) is 83.5 Å². The Hall–Kier alpha value is -9.90. The summed E-state index contributed by atoms with van der Waals surface area (Å²) in [6, 6.07) is -4.48. The molecule has 0 spiro atoms. The van der Waals surface area contributed by atoms with Crippen molar-refractivity contribution in [1.29, 1.82) is 0 Å². The van der Waals surface area contributed by atoms with E-state index in [2.05, 4.69) is 37.2 Å². The number of ether oxygens (including phenoxy) is 18. The van der Waals surface area contributed by atoms with Crippen LogP contribution in [0.1, 0.15) is 212 Å². The molecule has 4 rings (SSSR count). The number of esters is 9. The summed E-state index contributed by atoms with van der Waals surface area (Å²) < 4.78 is 103. The first-order chi connectivity index (χ1) is 60.8. The van der Waals surface area contributed by atoms with Gasteiger partial charge in [-0.3, -0.25) is 86.3 Å². The van der Waals surface area contributed by atoms with E-state index in [0.717, 1.165) is 62.3 Å². The Balaban J connectivity index is 1.43. The summed E-state index contributed by atoms with van der Waals surface area (Å²) in [5.41, 5.74) is -1.62. The van der Waals surface area contributed by atoms with E-state index in [1.807, 2.05) is 0 Å². The molecule has 8 N–H and O–H groups in total. The van der Waals surface area contributed by atoms with E-state index in [9.17, 15) is 91.4 Å². The molecule has 0 radical (unpaired) electrons. The van der Waals surface area contributed by atoms with Gasteiger partial charge >= 0.3 is 59.7 Å². The molecule has 45 nitrogen and oxygen atoms in total. The lowest BCUT2D eigenvalue weighted by molar-refractivity contribution is -0.277.